The minimum absolute atomic E-state index is 0.638. The average molecular weight is 279 g/mol. The Bertz CT molecular complexity index is 690. The van der Waals surface area contributed by atoms with Gasteiger partial charge in [0.1, 0.15) is 0 Å². The largest absolute Gasteiger partial charge is 0.399 e. The number of hydrogen-bond donors (Lipinski definition) is 1. The van der Waals surface area contributed by atoms with E-state index in [2.05, 4.69) is 22.3 Å². The molecule has 0 aliphatic rings. The second-order valence-electron chi connectivity index (χ2n) is 5.01. The molecule has 0 saturated carbocycles. The van der Waals surface area contributed by atoms with Gasteiger partial charge in [0.2, 0.25) is 5.89 Å². The Labute approximate surface area is 123 Å². The zero-order valence-corrected chi connectivity index (χ0v) is 11.7. The van der Waals surface area contributed by atoms with Crippen molar-refractivity contribution < 1.29 is 4.52 Å². The fourth-order valence-corrected chi connectivity index (χ4v) is 2.17. The van der Waals surface area contributed by atoms with Crippen LogP contribution in [0.1, 0.15) is 22.8 Å². The van der Waals surface area contributed by atoms with Crippen LogP contribution in [0.4, 0.5) is 5.69 Å². The van der Waals surface area contributed by atoms with Crippen molar-refractivity contribution in [2.45, 2.75) is 19.3 Å². The molecule has 0 spiro atoms. The quantitative estimate of drug-likeness (QED) is 0.729. The van der Waals surface area contributed by atoms with Gasteiger partial charge >= 0.3 is 0 Å². The van der Waals surface area contributed by atoms with Gasteiger partial charge in [0.25, 0.3) is 0 Å². The third-order valence-corrected chi connectivity index (χ3v) is 3.33. The van der Waals surface area contributed by atoms with E-state index in [0.29, 0.717) is 12.3 Å². The molecule has 0 radical (unpaired) electrons. The van der Waals surface area contributed by atoms with Crippen molar-refractivity contribution in [3.05, 3.63) is 77.4 Å². The SMILES string of the molecule is Nc1ccc(Cc2nc(CCc3ccccc3)no2)cc1. The molecule has 0 atom stereocenters. The highest BCUT2D eigenvalue weighted by Gasteiger charge is 2.07. The average Bonchev–Trinajstić information content (AvgIpc) is 2.96. The molecular formula is C17H17N3O. The summed E-state index contributed by atoms with van der Waals surface area (Å²) in [5.74, 6) is 1.40. The van der Waals surface area contributed by atoms with Crippen molar-refractivity contribution in [2.24, 2.45) is 0 Å². The molecule has 4 nitrogen and oxygen atoms in total. The van der Waals surface area contributed by atoms with E-state index in [0.717, 1.165) is 29.9 Å². The molecule has 2 aromatic carbocycles. The van der Waals surface area contributed by atoms with E-state index < -0.39 is 0 Å². The lowest BCUT2D eigenvalue weighted by Crippen LogP contribution is -1.94. The predicted molar refractivity (Wildman–Crippen MR) is 81.8 cm³/mol. The smallest absolute Gasteiger partial charge is 0.231 e. The fourth-order valence-electron chi connectivity index (χ4n) is 2.17. The van der Waals surface area contributed by atoms with Gasteiger partial charge in [-0.05, 0) is 29.7 Å². The van der Waals surface area contributed by atoms with Crippen LogP contribution in [0.15, 0.2) is 59.1 Å². The lowest BCUT2D eigenvalue weighted by molar-refractivity contribution is 0.379. The Morgan fingerprint density at radius 2 is 1.62 bits per heavy atom. The number of rotatable bonds is 5. The van der Waals surface area contributed by atoms with Gasteiger partial charge in [-0.2, -0.15) is 4.98 Å². The normalized spacial score (nSPS) is 10.7. The summed E-state index contributed by atoms with van der Waals surface area (Å²) in [4.78, 5) is 4.43. The zero-order chi connectivity index (χ0) is 14.5. The van der Waals surface area contributed by atoms with E-state index in [1.54, 1.807) is 0 Å². The summed E-state index contributed by atoms with van der Waals surface area (Å²) in [5.41, 5.74) is 8.82. The molecule has 0 unspecified atom stereocenters. The first-order chi connectivity index (χ1) is 10.3. The van der Waals surface area contributed by atoms with Gasteiger partial charge in [-0.25, -0.2) is 0 Å². The Morgan fingerprint density at radius 3 is 2.38 bits per heavy atom. The minimum atomic E-state index is 0.638. The summed E-state index contributed by atoms with van der Waals surface area (Å²) in [6, 6.07) is 18.0. The first-order valence-electron chi connectivity index (χ1n) is 6.99. The molecule has 0 fully saturated rings. The van der Waals surface area contributed by atoms with Gasteiger partial charge < -0.3 is 10.3 Å². The third kappa shape index (κ3) is 3.69. The van der Waals surface area contributed by atoms with Crippen LogP contribution in [0.25, 0.3) is 0 Å². The van der Waals surface area contributed by atoms with E-state index in [1.165, 1.54) is 5.56 Å². The third-order valence-electron chi connectivity index (χ3n) is 3.33. The van der Waals surface area contributed by atoms with Crippen molar-refractivity contribution in [1.29, 1.82) is 0 Å². The number of benzene rings is 2. The molecule has 0 bridgehead atoms. The van der Waals surface area contributed by atoms with Gasteiger partial charge in [-0.3, -0.25) is 0 Å². The van der Waals surface area contributed by atoms with Crippen molar-refractivity contribution in [3.63, 3.8) is 0 Å². The first-order valence-corrected chi connectivity index (χ1v) is 6.99. The van der Waals surface area contributed by atoms with Crippen molar-refractivity contribution >= 4 is 5.69 Å². The van der Waals surface area contributed by atoms with Crippen molar-refractivity contribution in [3.8, 4) is 0 Å². The van der Waals surface area contributed by atoms with Crippen LogP contribution in [0.5, 0.6) is 0 Å². The van der Waals surface area contributed by atoms with Crippen LogP contribution in [-0.2, 0) is 19.3 Å². The molecule has 0 saturated heterocycles. The Kier molecular flexibility index (Phi) is 3.96. The number of anilines is 1. The monoisotopic (exact) mass is 279 g/mol. The lowest BCUT2D eigenvalue weighted by Gasteiger charge is -1.97. The van der Waals surface area contributed by atoms with Crippen LogP contribution < -0.4 is 5.73 Å². The Morgan fingerprint density at radius 1 is 0.857 bits per heavy atom. The molecule has 21 heavy (non-hydrogen) atoms. The van der Waals surface area contributed by atoms with E-state index in [1.807, 2.05) is 42.5 Å². The highest BCUT2D eigenvalue weighted by atomic mass is 16.5. The van der Waals surface area contributed by atoms with Crippen LogP contribution in [0.3, 0.4) is 0 Å². The highest BCUT2D eigenvalue weighted by Crippen LogP contribution is 2.11. The molecule has 4 heteroatoms. The molecule has 106 valence electrons. The number of aryl methyl sites for hydroxylation is 2. The lowest BCUT2D eigenvalue weighted by atomic mass is 10.1. The van der Waals surface area contributed by atoms with Gasteiger partial charge in [-0.15, -0.1) is 0 Å². The second kappa shape index (κ2) is 6.22. The number of nitrogen functional groups attached to an aromatic ring is 1. The van der Waals surface area contributed by atoms with Gasteiger partial charge in [0.15, 0.2) is 5.82 Å². The van der Waals surface area contributed by atoms with Crippen molar-refractivity contribution in [2.75, 3.05) is 5.73 Å². The van der Waals surface area contributed by atoms with E-state index in [-0.39, 0.29) is 0 Å². The minimum Gasteiger partial charge on any atom is -0.399 e. The maximum absolute atomic E-state index is 5.67. The van der Waals surface area contributed by atoms with Crippen molar-refractivity contribution in [1.82, 2.24) is 10.1 Å². The van der Waals surface area contributed by atoms with Gasteiger partial charge in [0, 0.05) is 12.1 Å². The summed E-state index contributed by atoms with van der Waals surface area (Å²) >= 11 is 0. The molecule has 2 N–H and O–H groups in total. The molecule has 1 aromatic heterocycles. The molecular weight excluding hydrogens is 262 g/mol. The molecule has 0 amide bonds. The summed E-state index contributed by atoms with van der Waals surface area (Å²) in [5, 5.41) is 4.03. The maximum atomic E-state index is 5.67. The highest BCUT2D eigenvalue weighted by molar-refractivity contribution is 5.39. The van der Waals surface area contributed by atoms with E-state index >= 15 is 0 Å². The summed E-state index contributed by atoms with van der Waals surface area (Å²) in [6.07, 6.45) is 2.34. The summed E-state index contributed by atoms with van der Waals surface area (Å²) < 4.78 is 5.29. The molecule has 1 heterocycles. The Hall–Kier alpha value is -2.62. The van der Waals surface area contributed by atoms with Gasteiger partial charge in [0.05, 0.1) is 6.42 Å². The maximum Gasteiger partial charge on any atom is 0.231 e. The number of nitrogens with two attached hydrogens (primary N) is 1. The van der Waals surface area contributed by atoms with Crippen LogP contribution in [0, 0.1) is 0 Å². The Balaban J connectivity index is 1.59. The van der Waals surface area contributed by atoms with Crippen LogP contribution in [-0.4, -0.2) is 10.1 Å². The van der Waals surface area contributed by atoms with E-state index in [9.17, 15) is 0 Å². The predicted octanol–water partition coefficient (Wildman–Crippen LogP) is 3.03. The number of hydrogen-bond acceptors (Lipinski definition) is 4. The second-order valence-corrected chi connectivity index (χ2v) is 5.01. The van der Waals surface area contributed by atoms with Crippen LogP contribution in [0.2, 0.25) is 0 Å². The first kappa shape index (κ1) is 13.4. The van der Waals surface area contributed by atoms with E-state index in [4.69, 9.17) is 10.3 Å². The fraction of sp³-hybridized carbons (Fsp3) is 0.176. The standard InChI is InChI=1S/C17H17N3O/c18-15-9-6-14(7-10-15)12-17-19-16(20-21-17)11-8-13-4-2-1-3-5-13/h1-7,9-10H,8,11-12,18H2. The summed E-state index contributed by atoms with van der Waals surface area (Å²) in [6.45, 7) is 0. The topological polar surface area (TPSA) is 64.9 Å². The summed E-state index contributed by atoms with van der Waals surface area (Å²) in [7, 11) is 0. The molecule has 0 aliphatic carbocycles. The zero-order valence-electron chi connectivity index (χ0n) is 11.7. The van der Waals surface area contributed by atoms with Gasteiger partial charge in [-0.1, -0.05) is 47.6 Å². The number of nitrogens with zero attached hydrogens (tertiary/aromatic N) is 2. The molecule has 3 aromatic rings. The molecule has 3 rings (SSSR count). The number of aromatic nitrogens is 2. The molecule has 0 aliphatic heterocycles. The van der Waals surface area contributed by atoms with Crippen LogP contribution >= 0.6 is 0 Å².